The number of nitrogens with zero attached hydrogens (tertiary/aromatic N) is 2. The van der Waals surface area contributed by atoms with Crippen molar-refractivity contribution in [2.45, 2.75) is 58.8 Å². The van der Waals surface area contributed by atoms with Gasteiger partial charge in [0.05, 0.1) is 12.2 Å². The van der Waals surface area contributed by atoms with Crippen molar-refractivity contribution in [1.29, 1.82) is 0 Å². The van der Waals surface area contributed by atoms with Gasteiger partial charge in [0.1, 0.15) is 5.82 Å². The van der Waals surface area contributed by atoms with E-state index in [-0.39, 0.29) is 23.8 Å². The van der Waals surface area contributed by atoms with Gasteiger partial charge in [0.2, 0.25) is 5.96 Å². The van der Waals surface area contributed by atoms with Crippen LogP contribution < -0.4 is 16.4 Å². The number of nitrogens with one attached hydrogen (secondary N) is 2. The maximum absolute atomic E-state index is 14.1. The molecule has 2 rings (SSSR count). The van der Waals surface area contributed by atoms with Gasteiger partial charge in [-0.05, 0) is 76.2 Å². The molecule has 2 atom stereocenters. The second kappa shape index (κ2) is 11.1. The molecule has 0 radical (unpaired) electrons. The van der Waals surface area contributed by atoms with E-state index in [0.29, 0.717) is 11.1 Å². The Bertz CT molecular complexity index is 1050. The Morgan fingerprint density at radius 2 is 1.79 bits per heavy atom. The average molecular weight is 462 g/mol. The fraction of sp³-hybridized carbons (Fsp3) is 0.375. The van der Waals surface area contributed by atoms with Gasteiger partial charge in [0.25, 0.3) is 5.91 Å². The Morgan fingerprint density at radius 1 is 1.09 bits per heavy atom. The first-order valence-electron chi connectivity index (χ1n) is 10.5. The number of rotatable bonds is 6. The number of carbonyl (C=O) groups is 1. The summed E-state index contributed by atoms with van der Waals surface area (Å²) in [7, 11) is 0. The van der Waals surface area contributed by atoms with Crippen molar-refractivity contribution in [2.24, 2.45) is 15.7 Å². The van der Waals surface area contributed by atoms with E-state index < -0.39 is 35.3 Å². The lowest BCUT2D eigenvalue weighted by Crippen LogP contribution is -2.53. The second-order valence-electron chi connectivity index (χ2n) is 8.69. The van der Waals surface area contributed by atoms with Gasteiger partial charge in [-0.3, -0.25) is 9.79 Å². The SMILES string of the molecule is C/C=N\C(CC(N)N/C(=N\C(=O)c1ccc(F)c(F)c1)NC(C)(C)C)c1ccc(C)c(F)c1. The van der Waals surface area contributed by atoms with Crippen LogP contribution in [0.25, 0.3) is 0 Å². The number of nitrogens with two attached hydrogens (primary N) is 1. The van der Waals surface area contributed by atoms with Crippen molar-refractivity contribution in [3.05, 3.63) is 70.5 Å². The Morgan fingerprint density at radius 3 is 2.36 bits per heavy atom. The fourth-order valence-corrected chi connectivity index (χ4v) is 3.00. The highest BCUT2D eigenvalue weighted by molar-refractivity contribution is 6.02. The molecule has 0 spiro atoms. The molecule has 4 N–H and O–H groups in total. The number of guanidine groups is 1. The van der Waals surface area contributed by atoms with Crippen LogP contribution in [0.1, 0.15) is 61.6 Å². The number of carbonyl (C=O) groups excluding carboxylic acids is 1. The van der Waals surface area contributed by atoms with Crippen molar-refractivity contribution in [1.82, 2.24) is 10.6 Å². The third kappa shape index (κ3) is 8.02. The van der Waals surface area contributed by atoms with Gasteiger partial charge in [-0.2, -0.15) is 4.99 Å². The zero-order valence-corrected chi connectivity index (χ0v) is 19.4. The van der Waals surface area contributed by atoms with E-state index in [2.05, 4.69) is 20.6 Å². The normalized spacial score (nSPS) is 14.3. The number of hydrogen-bond donors (Lipinski definition) is 3. The molecule has 0 saturated heterocycles. The summed E-state index contributed by atoms with van der Waals surface area (Å²) in [4.78, 5) is 20.9. The van der Waals surface area contributed by atoms with E-state index in [4.69, 9.17) is 5.73 Å². The third-order valence-electron chi connectivity index (χ3n) is 4.58. The molecule has 33 heavy (non-hydrogen) atoms. The number of halogens is 3. The molecule has 0 saturated carbocycles. The van der Waals surface area contributed by atoms with E-state index in [0.717, 1.165) is 18.2 Å². The zero-order chi connectivity index (χ0) is 24.8. The summed E-state index contributed by atoms with van der Waals surface area (Å²) in [5.41, 5.74) is 6.86. The Balaban J connectivity index is 2.25. The highest BCUT2D eigenvalue weighted by Crippen LogP contribution is 2.24. The van der Waals surface area contributed by atoms with Crippen LogP contribution in [0.2, 0.25) is 0 Å². The molecule has 2 unspecified atom stereocenters. The highest BCUT2D eigenvalue weighted by atomic mass is 19.2. The summed E-state index contributed by atoms with van der Waals surface area (Å²) in [5, 5.41) is 5.99. The van der Waals surface area contributed by atoms with Crippen molar-refractivity contribution in [2.75, 3.05) is 0 Å². The largest absolute Gasteiger partial charge is 0.351 e. The lowest BCUT2D eigenvalue weighted by atomic mass is 10.0. The molecule has 2 aromatic carbocycles. The number of hydrogen-bond acceptors (Lipinski definition) is 3. The van der Waals surface area contributed by atoms with Crippen molar-refractivity contribution >= 4 is 18.1 Å². The van der Waals surface area contributed by atoms with E-state index in [1.807, 2.05) is 20.8 Å². The molecule has 0 aliphatic heterocycles. The minimum absolute atomic E-state index is 0.0686. The van der Waals surface area contributed by atoms with Crippen LogP contribution in [-0.2, 0) is 0 Å². The molecular formula is C24H30F3N5O. The predicted molar refractivity (Wildman–Crippen MR) is 125 cm³/mol. The van der Waals surface area contributed by atoms with Crippen molar-refractivity contribution in [3.63, 3.8) is 0 Å². The van der Waals surface area contributed by atoms with Crippen LogP contribution in [0.15, 0.2) is 46.4 Å². The summed E-state index contributed by atoms with van der Waals surface area (Å²) < 4.78 is 40.8. The smallest absolute Gasteiger partial charge is 0.280 e. The van der Waals surface area contributed by atoms with Gasteiger partial charge in [0, 0.05) is 17.5 Å². The van der Waals surface area contributed by atoms with Crippen LogP contribution in [0.5, 0.6) is 0 Å². The molecule has 0 fully saturated rings. The van der Waals surface area contributed by atoms with Crippen LogP contribution in [0, 0.1) is 24.4 Å². The number of aliphatic imine (C=N–C) groups is 2. The topological polar surface area (TPSA) is 91.9 Å². The Kier molecular flexibility index (Phi) is 8.76. The first-order valence-corrected chi connectivity index (χ1v) is 10.5. The lowest BCUT2D eigenvalue weighted by Gasteiger charge is -2.27. The van der Waals surface area contributed by atoms with Gasteiger partial charge >= 0.3 is 0 Å². The van der Waals surface area contributed by atoms with Gasteiger partial charge < -0.3 is 16.4 Å². The molecule has 0 aliphatic carbocycles. The lowest BCUT2D eigenvalue weighted by molar-refractivity contribution is 0.100. The summed E-state index contributed by atoms with van der Waals surface area (Å²) in [5.74, 6) is -3.24. The molecular weight excluding hydrogens is 431 g/mol. The molecule has 2 aromatic rings. The second-order valence-corrected chi connectivity index (χ2v) is 8.69. The van der Waals surface area contributed by atoms with Crippen LogP contribution in [-0.4, -0.2) is 29.8 Å². The molecule has 0 aromatic heterocycles. The monoisotopic (exact) mass is 461 g/mol. The van der Waals surface area contributed by atoms with E-state index in [1.165, 1.54) is 6.07 Å². The quantitative estimate of drug-likeness (QED) is 0.338. The molecule has 1 amide bonds. The van der Waals surface area contributed by atoms with E-state index >= 15 is 0 Å². The molecule has 178 valence electrons. The minimum Gasteiger partial charge on any atom is -0.351 e. The molecule has 0 heterocycles. The van der Waals surface area contributed by atoms with Crippen LogP contribution in [0.4, 0.5) is 13.2 Å². The van der Waals surface area contributed by atoms with Gasteiger partial charge in [-0.1, -0.05) is 12.1 Å². The summed E-state index contributed by atoms with van der Waals surface area (Å²) in [6, 6.07) is 7.26. The summed E-state index contributed by atoms with van der Waals surface area (Å²) >= 11 is 0. The average Bonchev–Trinajstić information content (AvgIpc) is 2.70. The van der Waals surface area contributed by atoms with Crippen LogP contribution >= 0.6 is 0 Å². The summed E-state index contributed by atoms with van der Waals surface area (Å²) in [6.07, 6.45) is 1.18. The minimum atomic E-state index is -1.14. The highest BCUT2D eigenvalue weighted by Gasteiger charge is 2.20. The Hall–Kier alpha value is -3.20. The van der Waals surface area contributed by atoms with Gasteiger partial charge in [0.15, 0.2) is 11.6 Å². The standard InChI is InChI=1S/C24H30F3N5O/c1-6-29-20(15-8-7-14(2)18(26)11-15)13-21(28)30-23(32-24(3,4)5)31-22(33)16-9-10-17(25)19(27)12-16/h6-12,20-21H,13,28H2,1-5H3,(H2,30,31,32,33)/b29-6-. The Labute approximate surface area is 192 Å². The molecule has 0 aliphatic rings. The fourth-order valence-electron chi connectivity index (χ4n) is 3.00. The zero-order valence-electron chi connectivity index (χ0n) is 19.4. The first kappa shape index (κ1) is 26.1. The van der Waals surface area contributed by atoms with Crippen molar-refractivity contribution in [3.8, 4) is 0 Å². The maximum Gasteiger partial charge on any atom is 0.280 e. The van der Waals surface area contributed by atoms with E-state index in [9.17, 15) is 18.0 Å². The van der Waals surface area contributed by atoms with Crippen molar-refractivity contribution < 1.29 is 18.0 Å². The first-order chi connectivity index (χ1) is 15.4. The van der Waals surface area contributed by atoms with E-state index in [1.54, 1.807) is 32.2 Å². The van der Waals surface area contributed by atoms with Gasteiger partial charge in [-0.25, -0.2) is 13.2 Å². The maximum atomic E-state index is 14.1. The molecule has 9 heteroatoms. The van der Waals surface area contributed by atoms with Crippen LogP contribution in [0.3, 0.4) is 0 Å². The third-order valence-corrected chi connectivity index (χ3v) is 4.58. The molecule has 0 bridgehead atoms. The van der Waals surface area contributed by atoms with Gasteiger partial charge in [-0.15, -0.1) is 0 Å². The number of benzene rings is 2. The predicted octanol–water partition coefficient (Wildman–Crippen LogP) is 4.39. The summed E-state index contributed by atoms with van der Waals surface area (Å²) in [6.45, 7) is 9.01. The molecule has 6 nitrogen and oxygen atoms in total. The number of aryl methyl sites for hydroxylation is 1. The number of amides is 1.